The summed E-state index contributed by atoms with van der Waals surface area (Å²) in [5.41, 5.74) is 4.25. The van der Waals surface area contributed by atoms with Crippen molar-refractivity contribution in [3.63, 3.8) is 0 Å². The van der Waals surface area contributed by atoms with Gasteiger partial charge < -0.3 is 0 Å². The zero-order valence-corrected chi connectivity index (χ0v) is 3.57. The Hall–Kier alpha value is -0.740. The second-order valence-electron chi connectivity index (χ2n) is 1.31. The molecular weight excluding hydrogens is 72.1 g/mol. The third-order valence-corrected chi connectivity index (χ3v) is 0.713. The van der Waals surface area contributed by atoms with E-state index < -0.39 is 0 Å². The molecule has 0 nitrogen and oxygen atoms in total. The largest absolute Gasteiger partial charge is 0.115 e. The molecule has 0 saturated heterocycles. The van der Waals surface area contributed by atoms with Crippen molar-refractivity contribution in [3.8, 4) is 0 Å². The predicted molar refractivity (Wildman–Crippen MR) is 26.4 cm³/mol. The first-order chi connectivity index (χ1) is 2.93. The Morgan fingerprint density at radius 1 is 2.00 bits per heavy atom. The highest BCUT2D eigenvalue weighted by Crippen LogP contribution is 2.10. The topological polar surface area (TPSA) is 0 Å². The lowest BCUT2D eigenvalue weighted by atomic mass is 10.3. The Kier molecular flexibility index (Phi) is 0.664. The molecule has 6 heavy (non-hydrogen) atoms. The summed E-state index contributed by atoms with van der Waals surface area (Å²) in [4.78, 5) is 0. The molecule has 0 saturated carbocycles. The molecule has 0 unspecified atom stereocenters. The lowest BCUT2D eigenvalue weighted by Gasteiger charge is -1.71. The molecule has 0 radical (unpaired) electrons. The van der Waals surface area contributed by atoms with E-state index in [1.54, 1.807) is 0 Å². The fourth-order valence-corrected chi connectivity index (χ4v) is 0.324. The summed E-state index contributed by atoms with van der Waals surface area (Å²) >= 11 is 0. The van der Waals surface area contributed by atoms with Crippen molar-refractivity contribution in [2.24, 2.45) is 0 Å². The van der Waals surface area contributed by atoms with Gasteiger partial charge in [-0.1, -0.05) is 6.08 Å². The summed E-state index contributed by atoms with van der Waals surface area (Å²) in [6, 6.07) is 0. The van der Waals surface area contributed by atoms with Crippen LogP contribution in [0.4, 0.5) is 0 Å². The SMILES string of the molecule is C=CCC1=C=C1. The van der Waals surface area contributed by atoms with Crippen LogP contribution in [0.5, 0.6) is 0 Å². The molecule has 0 aromatic rings. The van der Waals surface area contributed by atoms with Crippen molar-refractivity contribution in [1.82, 2.24) is 0 Å². The van der Waals surface area contributed by atoms with Crippen LogP contribution >= 0.6 is 0 Å². The molecule has 0 aliphatic heterocycles. The Balaban J connectivity index is 2.20. The molecule has 1 aliphatic rings. The molecule has 0 atom stereocenters. The van der Waals surface area contributed by atoms with Gasteiger partial charge in [0.2, 0.25) is 0 Å². The van der Waals surface area contributed by atoms with E-state index >= 15 is 0 Å². The zero-order chi connectivity index (χ0) is 4.41. The molecule has 1 rings (SSSR count). The summed E-state index contributed by atoms with van der Waals surface area (Å²) in [5.74, 6) is 0. The van der Waals surface area contributed by atoms with E-state index in [-0.39, 0.29) is 0 Å². The summed E-state index contributed by atoms with van der Waals surface area (Å²) in [7, 11) is 0. The van der Waals surface area contributed by atoms with Crippen molar-refractivity contribution in [2.45, 2.75) is 6.42 Å². The number of allylic oxidation sites excluding steroid dienone is 2. The molecular formula is C6H6. The van der Waals surface area contributed by atoms with Gasteiger partial charge in [-0.15, -0.1) is 12.3 Å². The van der Waals surface area contributed by atoms with Gasteiger partial charge in [0.15, 0.2) is 0 Å². The molecule has 0 N–H and O–H groups in total. The van der Waals surface area contributed by atoms with Crippen molar-refractivity contribution in [1.29, 1.82) is 0 Å². The average Bonchev–Trinajstić information content (AvgIpc) is 2.21. The molecule has 0 aromatic carbocycles. The molecule has 0 amide bonds. The van der Waals surface area contributed by atoms with Crippen LogP contribution in [0.2, 0.25) is 0 Å². The van der Waals surface area contributed by atoms with E-state index in [1.165, 1.54) is 5.57 Å². The quantitative estimate of drug-likeness (QED) is 0.348. The van der Waals surface area contributed by atoms with Crippen LogP contribution in [-0.2, 0) is 0 Å². The lowest BCUT2D eigenvalue weighted by Crippen LogP contribution is -1.53. The van der Waals surface area contributed by atoms with Crippen molar-refractivity contribution >= 4 is 0 Å². The van der Waals surface area contributed by atoms with E-state index in [4.69, 9.17) is 0 Å². The maximum Gasteiger partial charge on any atom is 0.00547 e. The van der Waals surface area contributed by atoms with Crippen molar-refractivity contribution in [2.75, 3.05) is 0 Å². The van der Waals surface area contributed by atoms with Crippen molar-refractivity contribution in [3.05, 3.63) is 30.0 Å². The number of hydrogen-bond acceptors (Lipinski definition) is 0. The van der Waals surface area contributed by atoms with E-state index in [0.29, 0.717) is 0 Å². The monoisotopic (exact) mass is 78.0 g/mol. The molecule has 0 heterocycles. The highest BCUT2D eigenvalue weighted by atomic mass is 14.0. The predicted octanol–water partition coefficient (Wildman–Crippen LogP) is 1.66. The first-order valence-electron chi connectivity index (χ1n) is 2.00. The maximum absolute atomic E-state index is 3.56. The second kappa shape index (κ2) is 1.16. The molecule has 0 bridgehead atoms. The first-order valence-corrected chi connectivity index (χ1v) is 2.00. The minimum Gasteiger partial charge on any atom is -0.115 e. The molecule has 0 heteroatoms. The van der Waals surface area contributed by atoms with Gasteiger partial charge in [-0.2, -0.15) is 0 Å². The van der Waals surface area contributed by atoms with Gasteiger partial charge in [0.1, 0.15) is 0 Å². The van der Waals surface area contributed by atoms with Gasteiger partial charge in [0.05, 0.1) is 0 Å². The van der Waals surface area contributed by atoms with Gasteiger partial charge >= 0.3 is 0 Å². The highest BCUT2D eigenvalue weighted by Gasteiger charge is 1.92. The maximum atomic E-state index is 3.56. The number of rotatable bonds is 2. The van der Waals surface area contributed by atoms with Gasteiger partial charge in [-0.05, 0) is 12.5 Å². The Bertz CT molecular complexity index is 123. The first kappa shape index (κ1) is 3.45. The van der Waals surface area contributed by atoms with Crippen LogP contribution in [-0.4, -0.2) is 0 Å². The molecule has 30 valence electrons. The lowest BCUT2D eigenvalue weighted by molar-refractivity contribution is 1.36. The van der Waals surface area contributed by atoms with Gasteiger partial charge in [-0.25, -0.2) is 0 Å². The summed E-state index contributed by atoms with van der Waals surface area (Å²) in [5, 5.41) is 0. The van der Waals surface area contributed by atoms with Crippen molar-refractivity contribution < 1.29 is 0 Å². The summed E-state index contributed by atoms with van der Waals surface area (Å²) in [6.07, 6.45) is 4.85. The minimum absolute atomic E-state index is 1.00. The van der Waals surface area contributed by atoms with E-state index in [2.05, 4.69) is 12.3 Å². The zero-order valence-electron chi connectivity index (χ0n) is 3.57. The minimum atomic E-state index is 1.00. The van der Waals surface area contributed by atoms with Crippen LogP contribution in [0, 0.1) is 0 Å². The second-order valence-corrected chi connectivity index (χ2v) is 1.31. The fraction of sp³-hybridized carbons (Fsp3) is 0.167. The summed E-state index contributed by atoms with van der Waals surface area (Å²) < 4.78 is 0. The molecule has 0 spiro atoms. The van der Waals surface area contributed by atoms with E-state index in [9.17, 15) is 0 Å². The van der Waals surface area contributed by atoms with Crippen LogP contribution in [0.3, 0.4) is 0 Å². The van der Waals surface area contributed by atoms with Crippen LogP contribution in [0.25, 0.3) is 0 Å². The van der Waals surface area contributed by atoms with Crippen LogP contribution < -0.4 is 0 Å². The van der Waals surface area contributed by atoms with Gasteiger partial charge in [0, 0.05) is 5.57 Å². The fourth-order valence-electron chi connectivity index (χ4n) is 0.324. The Morgan fingerprint density at radius 3 is 2.83 bits per heavy atom. The smallest absolute Gasteiger partial charge is 0.00547 e. The van der Waals surface area contributed by atoms with Gasteiger partial charge in [-0.3, -0.25) is 0 Å². The average molecular weight is 78.1 g/mol. The third-order valence-electron chi connectivity index (χ3n) is 0.713. The third kappa shape index (κ3) is 0.602. The Labute approximate surface area is 37.5 Å². The highest BCUT2D eigenvalue weighted by molar-refractivity contribution is 5.32. The van der Waals surface area contributed by atoms with Crippen LogP contribution in [0.1, 0.15) is 6.42 Å². The van der Waals surface area contributed by atoms with E-state index in [1.807, 2.05) is 12.2 Å². The van der Waals surface area contributed by atoms with Crippen LogP contribution in [0.15, 0.2) is 30.0 Å². The van der Waals surface area contributed by atoms with E-state index in [0.717, 1.165) is 6.42 Å². The molecule has 1 aliphatic carbocycles. The molecule has 0 aromatic heterocycles. The van der Waals surface area contributed by atoms with Gasteiger partial charge in [0.25, 0.3) is 0 Å². The molecule has 0 fully saturated rings. The standard InChI is InChI=1S/C6H6/c1-2-3-6-4-5-6/h2,4H,1,3H2. The Morgan fingerprint density at radius 2 is 2.67 bits per heavy atom. The number of hydrogen-bond donors (Lipinski definition) is 0. The summed E-state index contributed by atoms with van der Waals surface area (Å²) in [6.45, 7) is 3.56. The normalized spacial score (nSPS) is 13.7.